The lowest BCUT2D eigenvalue weighted by Crippen LogP contribution is -2.33. The van der Waals surface area contributed by atoms with E-state index >= 15 is 0 Å². The maximum atomic E-state index is 12.2. The normalized spacial score (nSPS) is 10.6. The molecular weight excluding hydrogens is 376 g/mol. The quantitative estimate of drug-likeness (QED) is 0.515. The van der Waals surface area contributed by atoms with Crippen molar-refractivity contribution in [2.45, 2.75) is 25.1 Å². The fourth-order valence-electron chi connectivity index (χ4n) is 2.03. The summed E-state index contributed by atoms with van der Waals surface area (Å²) in [5.74, 6) is 0.414. The molecule has 0 radical (unpaired) electrons. The second kappa shape index (κ2) is 9.22. The highest BCUT2D eigenvalue weighted by molar-refractivity contribution is 8.01. The average molecular weight is 397 g/mol. The van der Waals surface area contributed by atoms with Crippen LogP contribution >= 0.6 is 34.7 Å². The van der Waals surface area contributed by atoms with Crippen LogP contribution in [0.4, 0.5) is 10.8 Å². The van der Waals surface area contributed by atoms with Gasteiger partial charge in [0.2, 0.25) is 11.0 Å². The summed E-state index contributed by atoms with van der Waals surface area (Å²) < 4.78 is 0.750. The predicted molar refractivity (Wildman–Crippen MR) is 107 cm³/mol. The standard InChI is InChI=1S/C17H21ClN4OS2/c1-5-22(9-11(2)3)15(23)10-24-17-21-20-16(25-17)19-13-7-6-12(4)14(18)8-13/h6-8H,2,5,9-10H2,1,3-4H3,(H,19,20). The number of hydrogen-bond donors (Lipinski definition) is 1. The van der Waals surface area contributed by atoms with Gasteiger partial charge in [0, 0.05) is 23.8 Å². The Morgan fingerprint density at radius 3 is 2.84 bits per heavy atom. The van der Waals surface area contributed by atoms with Crippen molar-refractivity contribution in [3.63, 3.8) is 0 Å². The molecule has 1 aromatic carbocycles. The van der Waals surface area contributed by atoms with Gasteiger partial charge >= 0.3 is 0 Å². The molecule has 0 unspecified atom stereocenters. The van der Waals surface area contributed by atoms with Gasteiger partial charge in [-0.25, -0.2) is 0 Å². The van der Waals surface area contributed by atoms with E-state index < -0.39 is 0 Å². The van der Waals surface area contributed by atoms with Crippen molar-refractivity contribution in [3.05, 3.63) is 40.9 Å². The molecule has 0 aliphatic rings. The summed E-state index contributed by atoms with van der Waals surface area (Å²) in [6.07, 6.45) is 0. The van der Waals surface area contributed by atoms with Crippen LogP contribution < -0.4 is 5.32 Å². The Bertz CT molecular complexity index is 763. The van der Waals surface area contributed by atoms with Gasteiger partial charge in [-0.1, -0.05) is 52.9 Å². The van der Waals surface area contributed by atoms with Crippen molar-refractivity contribution < 1.29 is 4.79 Å². The molecule has 1 amide bonds. The highest BCUT2D eigenvalue weighted by atomic mass is 35.5. The Morgan fingerprint density at radius 2 is 2.20 bits per heavy atom. The molecule has 1 N–H and O–H groups in total. The molecule has 5 nitrogen and oxygen atoms in total. The molecule has 2 aromatic rings. The first-order valence-corrected chi connectivity index (χ1v) is 9.98. The third kappa shape index (κ3) is 6.02. The second-order valence-electron chi connectivity index (χ2n) is 5.62. The number of nitrogens with one attached hydrogen (secondary N) is 1. The van der Waals surface area contributed by atoms with Crippen molar-refractivity contribution in [3.8, 4) is 0 Å². The van der Waals surface area contributed by atoms with E-state index in [9.17, 15) is 4.79 Å². The summed E-state index contributed by atoms with van der Waals surface area (Å²) in [6.45, 7) is 11.0. The molecule has 0 atom stereocenters. The summed E-state index contributed by atoms with van der Waals surface area (Å²) in [7, 11) is 0. The number of likely N-dealkylation sites (N-methyl/N-ethyl adjacent to an activating group) is 1. The molecule has 8 heteroatoms. The first-order valence-electron chi connectivity index (χ1n) is 7.80. The molecule has 0 saturated heterocycles. The Labute approximate surface area is 161 Å². The minimum absolute atomic E-state index is 0.0746. The summed E-state index contributed by atoms with van der Waals surface area (Å²) in [6, 6.07) is 5.74. The lowest BCUT2D eigenvalue weighted by atomic mass is 10.2. The van der Waals surface area contributed by atoms with Crippen LogP contribution in [0.15, 0.2) is 34.7 Å². The molecule has 1 heterocycles. The van der Waals surface area contributed by atoms with E-state index in [1.165, 1.54) is 23.1 Å². The highest BCUT2D eigenvalue weighted by Crippen LogP contribution is 2.29. The molecule has 0 spiro atoms. The third-order valence-electron chi connectivity index (χ3n) is 3.34. The number of halogens is 1. The minimum atomic E-state index is 0.0746. The number of carbonyl (C=O) groups excluding carboxylic acids is 1. The first kappa shape index (κ1) is 19.8. The number of hydrogen-bond acceptors (Lipinski definition) is 6. The van der Waals surface area contributed by atoms with Crippen molar-refractivity contribution >= 4 is 51.4 Å². The fourth-order valence-corrected chi connectivity index (χ4v) is 3.89. The summed E-state index contributed by atoms with van der Waals surface area (Å²) in [5, 5.41) is 12.8. The van der Waals surface area contributed by atoms with Crippen LogP contribution in [0.1, 0.15) is 19.4 Å². The van der Waals surface area contributed by atoms with Crippen LogP contribution in [0.3, 0.4) is 0 Å². The van der Waals surface area contributed by atoms with Gasteiger partial charge < -0.3 is 10.2 Å². The van der Waals surface area contributed by atoms with Crippen molar-refractivity contribution in [1.29, 1.82) is 0 Å². The Morgan fingerprint density at radius 1 is 1.44 bits per heavy atom. The zero-order valence-corrected chi connectivity index (χ0v) is 16.9. The van der Waals surface area contributed by atoms with E-state index in [2.05, 4.69) is 22.1 Å². The van der Waals surface area contributed by atoms with E-state index in [0.717, 1.165) is 21.2 Å². The number of amides is 1. The lowest BCUT2D eigenvalue weighted by molar-refractivity contribution is -0.127. The number of carbonyl (C=O) groups is 1. The predicted octanol–water partition coefficient (Wildman–Crippen LogP) is 4.76. The van der Waals surface area contributed by atoms with Gasteiger partial charge in [0.05, 0.1) is 5.75 Å². The topological polar surface area (TPSA) is 58.1 Å². The average Bonchev–Trinajstić information content (AvgIpc) is 3.01. The van der Waals surface area contributed by atoms with Crippen molar-refractivity contribution in [2.24, 2.45) is 0 Å². The van der Waals surface area contributed by atoms with Gasteiger partial charge in [-0.2, -0.15) is 0 Å². The molecule has 0 fully saturated rings. The number of benzene rings is 1. The number of nitrogens with zero attached hydrogens (tertiary/aromatic N) is 3. The molecule has 0 aliphatic heterocycles. The SMILES string of the molecule is C=C(C)CN(CC)C(=O)CSc1nnc(Nc2ccc(C)c(Cl)c2)s1. The molecule has 1 aromatic heterocycles. The molecule has 0 aliphatic carbocycles. The van der Waals surface area contributed by atoms with Crippen LogP contribution in [-0.4, -0.2) is 39.8 Å². The number of rotatable bonds is 8. The van der Waals surface area contributed by atoms with Crippen LogP contribution in [0, 0.1) is 6.92 Å². The Balaban J connectivity index is 1.91. The Kier molecular flexibility index (Phi) is 7.28. The summed E-state index contributed by atoms with van der Waals surface area (Å²) in [4.78, 5) is 14.0. The zero-order chi connectivity index (χ0) is 18.4. The maximum absolute atomic E-state index is 12.2. The second-order valence-corrected chi connectivity index (χ2v) is 8.22. The molecular formula is C17H21ClN4OS2. The number of thioether (sulfide) groups is 1. The number of aryl methyl sites for hydroxylation is 1. The molecule has 25 heavy (non-hydrogen) atoms. The lowest BCUT2D eigenvalue weighted by Gasteiger charge is -2.20. The van der Waals surface area contributed by atoms with Gasteiger partial charge in [0.1, 0.15) is 0 Å². The van der Waals surface area contributed by atoms with Crippen molar-refractivity contribution in [1.82, 2.24) is 15.1 Å². The van der Waals surface area contributed by atoms with E-state index in [0.29, 0.717) is 29.0 Å². The van der Waals surface area contributed by atoms with Gasteiger partial charge in [-0.15, -0.1) is 10.2 Å². The molecule has 0 saturated carbocycles. The Hall–Kier alpha value is -1.57. The molecule has 0 bridgehead atoms. The van der Waals surface area contributed by atoms with Crippen LogP contribution in [0.5, 0.6) is 0 Å². The van der Waals surface area contributed by atoms with E-state index in [4.69, 9.17) is 11.6 Å². The maximum Gasteiger partial charge on any atom is 0.233 e. The van der Waals surface area contributed by atoms with Gasteiger partial charge in [0.25, 0.3) is 0 Å². The van der Waals surface area contributed by atoms with E-state index in [1.54, 1.807) is 4.90 Å². The monoisotopic (exact) mass is 396 g/mol. The zero-order valence-electron chi connectivity index (χ0n) is 14.5. The third-order valence-corrected chi connectivity index (χ3v) is 5.71. The molecule has 134 valence electrons. The van der Waals surface area contributed by atoms with Crippen molar-refractivity contribution in [2.75, 3.05) is 24.2 Å². The van der Waals surface area contributed by atoms with Crippen LogP contribution in [0.25, 0.3) is 0 Å². The van der Waals surface area contributed by atoms with E-state index in [1.807, 2.05) is 39.0 Å². The fraction of sp³-hybridized carbons (Fsp3) is 0.353. The largest absolute Gasteiger partial charge is 0.338 e. The van der Waals surface area contributed by atoms with Crippen LogP contribution in [-0.2, 0) is 4.79 Å². The smallest absolute Gasteiger partial charge is 0.233 e. The van der Waals surface area contributed by atoms with Crippen LogP contribution in [0.2, 0.25) is 5.02 Å². The number of aromatic nitrogens is 2. The summed E-state index contributed by atoms with van der Waals surface area (Å²) in [5.41, 5.74) is 2.85. The van der Waals surface area contributed by atoms with E-state index in [-0.39, 0.29) is 5.91 Å². The minimum Gasteiger partial charge on any atom is -0.338 e. The van der Waals surface area contributed by atoms with Gasteiger partial charge in [-0.05, 0) is 38.5 Å². The summed E-state index contributed by atoms with van der Waals surface area (Å²) >= 11 is 8.93. The van der Waals surface area contributed by atoms with Gasteiger partial charge in [-0.3, -0.25) is 4.79 Å². The highest BCUT2D eigenvalue weighted by Gasteiger charge is 2.14. The molecule has 2 rings (SSSR count). The number of anilines is 2. The first-order chi connectivity index (χ1) is 11.9. The van der Waals surface area contributed by atoms with Gasteiger partial charge in [0.15, 0.2) is 4.34 Å².